The van der Waals surface area contributed by atoms with Gasteiger partial charge in [-0.3, -0.25) is 4.79 Å². The second kappa shape index (κ2) is 8.09. The van der Waals surface area contributed by atoms with Gasteiger partial charge in [-0.1, -0.05) is 0 Å². The number of nitrogens with zero attached hydrogens (tertiary/aromatic N) is 1. The predicted octanol–water partition coefficient (Wildman–Crippen LogP) is 3.66. The van der Waals surface area contributed by atoms with Crippen LogP contribution in [0, 0.1) is 11.8 Å². The Morgan fingerprint density at radius 2 is 1.70 bits per heavy atom. The van der Waals surface area contributed by atoms with E-state index in [-0.39, 0.29) is 12.0 Å². The van der Waals surface area contributed by atoms with Crippen LogP contribution in [0.2, 0.25) is 0 Å². The molecule has 1 amide bonds. The molecular weight excluding hydrogens is 342 g/mol. The minimum absolute atomic E-state index is 0.166. The van der Waals surface area contributed by atoms with Crippen molar-refractivity contribution >= 4 is 5.91 Å². The molecule has 4 rings (SSSR count). The summed E-state index contributed by atoms with van der Waals surface area (Å²) in [6.45, 7) is 0.590. The first kappa shape index (κ1) is 18.6. The molecule has 0 radical (unpaired) electrons. The van der Waals surface area contributed by atoms with Gasteiger partial charge in [0, 0.05) is 19.1 Å². The number of amides is 1. The smallest absolute Gasteiger partial charge is 0.226 e. The molecule has 3 atom stereocenters. The molecule has 2 unspecified atom stereocenters. The fourth-order valence-corrected chi connectivity index (χ4v) is 5.26. The van der Waals surface area contributed by atoms with Crippen molar-refractivity contribution in [1.82, 2.24) is 4.90 Å². The number of piperidine rings is 1. The lowest BCUT2D eigenvalue weighted by atomic mass is 9.85. The molecule has 1 saturated heterocycles. The van der Waals surface area contributed by atoms with E-state index in [1.165, 1.54) is 6.42 Å². The summed E-state index contributed by atoms with van der Waals surface area (Å²) in [6, 6.07) is 8.33. The van der Waals surface area contributed by atoms with Gasteiger partial charge in [-0.05, 0) is 75.1 Å². The summed E-state index contributed by atoms with van der Waals surface area (Å²) in [5.41, 5.74) is 0. The van der Waals surface area contributed by atoms with Crippen LogP contribution in [0.15, 0.2) is 24.3 Å². The number of fused-ring (bicyclic) bond motifs is 2. The van der Waals surface area contributed by atoms with Gasteiger partial charge in [0.05, 0.1) is 19.3 Å². The molecule has 2 bridgehead atoms. The van der Waals surface area contributed by atoms with Crippen molar-refractivity contribution in [2.45, 2.75) is 63.1 Å². The molecule has 1 aliphatic heterocycles. The van der Waals surface area contributed by atoms with Crippen LogP contribution in [0.3, 0.4) is 0 Å². The van der Waals surface area contributed by atoms with E-state index >= 15 is 0 Å². The number of hydrogen-bond acceptors (Lipinski definition) is 4. The van der Waals surface area contributed by atoms with Gasteiger partial charge >= 0.3 is 0 Å². The lowest BCUT2D eigenvalue weighted by molar-refractivity contribution is -0.142. The van der Waals surface area contributed by atoms with Gasteiger partial charge in [0.25, 0.3) is 0 Å². The highest BCUT2D eigenvalue weighted by Gasteiger charge is 2.49. The van der Waals surface area contributed by atoms with E-state index in [1.54, 1.807) is 14.2 Å². The fraction of sp³-hybridized carbons (Fsp3) is 0.682. The number of benzene rings is 1. The largest absolute Gasteiger partial charge is 0.497 e. The van der Waals surface area contributed by atoms with Gasteiger partial charge in [-0.2, -0.15) is 0 Å². The van der Waals surface area contributed by atoms with Crippen LogP contribution in [-0.2, 0) is 9.53 Å². The van der Waals surface area contributed by atoms with Crippen LogP contribution in [-0.4, -0.2) is 49.8 Å². The fourth-order valence-electron chi connectivity index (χ4n) is 5.26. The van der Waals surface area contributed by atoms with Crippen molar-refractivity contribution in [3.8, 4) is 11.5 Å². The van der Waals surface area contributed by atoms with E-state index in [1.807, 2.05) is 24.3 Å². The highest BCUT2D eigenvalue weighted by atomic mass is 16.5. The highest BCUT2D eigenvalue weighted by molar-refractivity contribution is 5.80. The van der Waals surface area contributed by atoms with E-state index in [0.717, 1.165) is 50.0 Å². The second-order valence-corrected chi connectivity index (χ2v) is 8.24. The molecule has 1 aromatic carbocycles. The molecule has 3 aliphatic rings. The summed E-state index contributed by atoms with van der Waals surface area (Å²) in [5.74, 6) is 2.78. The molecule has 3 fully saturated rings. The molecular formula is C22H31NO4. The molecule has 1 heterocycles. The molecule has 2 saturated carbocycles. The zero-order valence-corrected chi connectivity index (χ0v) is 16.4. The van der Waals surface area contributed by atoms with Gasteiger partial charge in [0.1, 0.15) is 18.1 Å². The van der Waals surface area contributed by atoms with Crippen molar-refractivity contribution in [2.24, 2.45) is 11.8 Å². The Bertz CT molecular complexity index is 638. The van der Waals surface area contributed by atoms with Crippen LogP contribution in [0.25, 0.3) is 0 Å². The van der Waals surface area contributed by atoms with Crippen molar-refractivity contribution < 1.29 is 19.0 Å². The molecule has 0 spiro atoms. The van der Waals surface area contributed by atoms with Crippen molar-refractivity contribution in [2.75, 3.05) is 20.8 Å². The van der Waals surface area contributed by atoms with Crippen molar-refractivity contribution in [3.05, 3.63) is 24.3 Å². The average molecular weight is 373 g/mol. The first-order valence-corrected chi connectivity index (χ1v) is 10.3. The SMILES string of the molecule is COc1ccc(OC[C@H]2C3CCC(C3)N2C(=O)C2CCC(OC)CC2)cc1. The van der Waals surface area contributed by atoms with E-state index < -0.39 is 0 Å². The first-order chi connectivity index (χ1) is 13.2. The van der Waals surface area contributed by atoms with Crippen LogP contribution < -0.4 is 9.47 Å². The summed E-state index contributed by atoms with van der Waals surface area (Å²) in [5, 5.41) is 0. The summed E-state index contributed by atoms with van der Waals surface area (Å²) >= 11 is 0. The Balaban J connectivity index is 1.39. The van der Waals surface area contributed by atoms with E-state index in [2.05, 4.69) is 4.90 Å². The third kappa shape index (κ3) is 3.79. The summed E-state index contributed by atoms with van der Waals surface area (Å²) in [4.78, 5) is 15.5. The monoisotopic (exact) mass is 373 g/mol. The third-order valence-electron chi connectivity index (χ3n) is 6.83. The van der Waals surface area contributed by atoms with Gasteiger partial charge < -0.3 is 19.1 Å². The maximum atomic E-state index is 13.3. The number of ether oxygens (including phenoxy) is 3. The minimum Gasteiger partial charge on any atom is -0.497 e. The van der Waals surface area contributed by atoms with Gasteiger partial charge in [0.2, 0.25) is 5.91 Å². The summed E-state index contributed by atoms with van der Waals surface area (Å²) < 4.78 is 16.7. The zero-order valence-electron chi connectivity index (χ0n) is 16.4. The predicted molar refractivity (Wildman–Crippen MR) is 103 cm³/mol. The molecule has 0 aromatic heterocycles. The van der Waals surface area contributed by atoms with Crippen LogP contribution in [0.1, 0.15) is 44.9 Å². The summed E-state index contributed by atoms with van der Waals surface area (Å²) in [6.07, 6.45) is 7.77. The van der Waals surface area contributed by atoms with E-state index in [0.29, 0.717) is 30.6 Å². The number of carbonyl (C=O) groups is 1. The molecule has 0 N–H and O–H groups in total. The maximum Gasteiger partial charge on any atom is 0.226 e. The molecule has 5 heteroatoms. The highest BCUT2D eigenvalue weighted by Crippen LogP contribution is 2.44. The third-order valence-corrected chi connectivity index (χ3v) is 6.83. The molecule has 2 aliphatic carbocycles. The maximum absolute atomic E-state index is 13.3. The average Bonchev–Trinajstić information content (AvgIpc) is 3.34. The number of carbonyl (C=O) groups excluding carboxylic acids is 1. The van der Waals surface area contributed by atoms with Gasteiger partial charge in [-0.25, -0.2) is 0 Å². The Morgan fingerprint density at radius 1 is 1.00 bits per heavy atom. The van der Waals surface area contributed by atoms with Gasteiger partial charge in [0.15, 0.2) is 0 Å². The number of rotatable bonds is 6. The lowest BCUT2D eigenvalue weighted by Gasteiger charge is -2.39. The van der Waals surface area contributed by atoms with Crippen LogP contribution in [0.5, 0.6) is 11.5 Å². The first-order valence-electron chi connectivity index (χ1n) is 10.3. The molecule has 1 aromatic rings. The lowest BCUT2D eigenvalue weighted by Crippen LogP contribution is -2.50. The van der Waals surface area contributed by atoms with Crippen molar-refractivity contribution in [3.63, 3.8) is 0 Å². The van der Waals surface area contributed by atoms with E-state index in [9.17, 15) is 4.79 Å². The Morgan fingerprint density at radius 3 is 2.37 bits per heavy atom. The normalized spacial score (nSPS) is 32.5. The number of methoxy groups -OCH3 is 2. The number of hydrogen-bond donors (Lipinski definition) is 0. The summed E-state index contributed by atoms with van der Waals surface area (Å²) in [7, 11) is 3.44. The van der Waals surface area contributed by atoms with Gasteiger partial charge in [-0.15, -0.1) is 0 Å². The van der Waals surface area contributed by atoms with Crippen molar-refractivity contribution in [1.29, 1.82) is 0 Å². The Kier molecular flexibility index (Phi) is 5.58. The second-order valence-electron chi connectivity index (χ2n) is 8.24. The standard InChI is InChI=1S/C22H31NO4/c1-25-18-7-4-15(5-8-18)22(24)23-17-6-3-16(13-17)21(23)14-27-20-11-9-19(26-2)10-12-20/h9-12,15-18,21H,3-8,13-14H2,1-2H3/t15?,16?,17?,18?,21-/m0/s1. The van der Waals surface area contributed by atoms with Crippen LogP contribution in [0.4, 0.5) is 0 Å². The quantitative estimate of drug-likeness (QED) is 0.764. The van der Waals surface area contributed by atoms with E-state index in [4.69, 9.17) is 14.2 Å². The number of likely N-dealkylation sites (tertiary alicyclic amines) is 1. The van der Waals surface area contributed by atoms with Crippen LogP contribution >= 0.6 is 0 Å². The Hall–Kier alpha value is -1.75. The zero-order chi connectivity index (χ0) is 18.8. The minimum atomic E-state index is 0.166. The molecule has 5 nitrogen and oxygen atoms in total. The Labute approximate surface area is 162 Å². The topological polar surface area (TPSA) is 48.0 Å². The molecule has 148 valence electrons. The molecule has 27 heavy (non-hydrogen) atoms.